The van der Waals surface area contributed by atoms with Crippen LogP contribution in [0.15, 0.2) is 42.5 Å². The first-order valence-corrected chi connectivity index (χ1v) is 7.47. The van der Waals surface area contributed by atoms with E-state index in [0.717, 1.165) is 4.90 Å². The molecule has 1 aliphatic rings. The topological polar surface area (TPSA) is 101 Å². The Morgan fingerprint density at radius 2 is 1.56 bits per heavy atom. The van der Waals surface area contributed by atoms with Crippen LogP contribution in [0.2, 0.25) is 0 Å². The quantitative estimate of drug-likeness (QED) is 0.678. The Morgan fingerprint density at radius 3 is 2.16 bits per heavy atom. The van der Waals surface area contributed by atoms with Gasteiger partial charge < -0.3 is 9.84 Å². The van der Waals surface area contributed by atoms with Crippen molar-refractivity contribution in [1.29, 1.82) is 0 Å². The number of carboxylic acid groups (broad SMARTS) is 1. The lowest BCUT2D eigenvalue weighted by molar-refractivity contribution is 0.0525. The lowest BCUT2D eigenvalue weighted by Crippen LogP contribution is -2.29. The number of nitrogens with zero attached hydrogens (tertiary/aromatic N) is 1. The molecule has 1 aliphatic heterocycles. The van der Waals surface area contributed by atoms with Crippen LogP contribution in [0.1, 0.15) is 48.4 Å². The number of esters is 1. The number of benzene rings is 2. The van der Waals surface area contributed by atoms with Gasteiger partial charge in [-0.2, -0.15) is 0 Å². The highest BCUT2D eigenvalue weighted by Gasteiger charge is 2.37. The van der Waals surface area contributed by atoms with Crippen LogP contribution in [0.5, 0.6) is 0 Å². The Labute approximate surface area is 142 Å². The number of fused-ring (bicyclic) bond motifs is 1. The van der Waals surface area contributed by atoms with Crippen molar-refractivity contribution in [3.8, 4) is 0 Å². The lowest BCUT2D eigenvalue weighted by Gasteiger charge is -2.14. The number of ether oxygens (including phenoxy) is 1. The minimum absolute atomic E-state index is 0.0411. The molecule has 0 aliphatic carbocycles. The molecule has 7 heteroatoms. The number of amides is 2. The van der Waals surface area contributed by atoms with E-state index >= 15 is 0 Å². The van der Waals surface area contributed by atoms with E-state index in [1.165, 1.54) is 42.5 Å². The number of carbonyl (C=O) groups is 4. The second-order valence-corrected chi connectivity index (χ2v) is 5.28. The van der Waals surface area contributed by atoms with Gasteiger partial charge in [-0.3, -0.25) is 9.59 Å². The molecule has 2 aromatic rings. The molecule has 2 amide bonds. The summed E-state index contributed by atoms with van der Waals surface area (Å²) in [5.74, 6) is -2.82. The smallest absolute Gasteiger partial charge is 0.338 e. The number of aromatic carboxylic acids is 1. The summed E-state index contributed by atoms with van der Waals surface area (Å²) < 4.78 is 4.88. The SMILES string of the molecule is CCOC(=O)c1ccc(N2C(=O)c3ccc(C(=O)O)cc3C2=O)cc1. The fourth-order valence-electron chi connectivity index (χ4n) is 2.57. The highest BCUT2D eigenvalue weighted by Crippen LogP contribution is 2.29. The number of carboxylic acids is 1. The Morgan fingerprint density at radius 1 is 0.960 bits per heavy atom. The van der Waals surface area contributed by atoms with Gasteiger partial charge in [0.1, 0.15) is 0 Å². The van der Waals surface area contributed by atoms with Gasteiger partial charge in [0.05, 0.1) is 34.5 Å². The zero-order chi connectivity index (χ0) is 18.1. The maximum absolute atomic E-state index is 12.5. The number of rotatable bonds is 4. The highest BCUT2D eigenvalue weighted by molar-refractivity contribution is 6.34. The van der Waals surface area contributed by atoms with Crippen molar-refractivity contribution < 1.29 is 29.0 Å². The lowest BCUT2D eigenvalue weighted by atomic mass is 10.1. The predicted molar refractivity (Wildman–Crippen MR) is 86.9 cm³/mol. The van der Waals surface area contributed by atoms with Gasteiger partial charge in [0, 0.05) is 0 Å². The van der Waals surface area contributed by atoms with Crippen LogP contribution < -0.4 is 4.90 Å². The summed E-state index contributed by atoms with van der Waals surface area (Å²) in [7, 11) is 0. The fourth-order valence-corrected chi connectivity index (χ4v) is 2.57. The normalized spacial score (nSPS) is 12.9. The van der Waals surface area contributed by atoms with Crippen molar-refractivity contribution >= 4 is 29.4 Å². The zero-order valence-corrected chi connectivity index (χ0v) is 13.2. The van der Waals surface area contributed by atoms with E-state index in [4.69, 9.17) is 9.84 Å². The van der Waals surface area contributed by atoms with Crippen molar-refractivity contribution in [3.63, 3.8) is 0 Å². The van der Waals surface area contributed by atoms with E-state index in [-0.39, 0.29) is 29.0 Å². The third-order valence-electron chi connectivity index (χ3n) is 3.77. The summed E-state index contributed by atoms with van der Waals surface area (Å²) >= 11 is 0. The molecule has 0 aromatic heterocycles. The molecule has 0 atom stereocenters. The zero-order valence-electron chi connectivity index (χ0n) is 13.2. The Balaban J connectivity index is 1.94. The third kappa shape index (κ3) is 2.76. The van der Waals surface area contributed by atoms with Crippen LogP contribution in [0, 0.1) is 0 Å². The molecule has 7 nitrogen and oxygen atoms in total. The predicted octanol–water partition coefficient (Wildman–Crippen LogP) is 2.36. The molecular weight excluding hydrogens is 326 g/mol. The van der Waals surface area contributed by atoms with Crippen molar-refractivity contribution in [2.75, 3.05) is 11.5 Å². The van der Waals surface area contributed by atoms with E-state index in [1.54, 1.807) is 6.92 Å². The first-order valence-electron chi connectivity index (χ1n) is 7.47. The van der Waals surface area contributed by atoms with E-state index < -0.39 is 23.8 Å². The van der Waals surface area contributed by atoms with Crippen molar-refractivity contribution in [1.82, 2.24) is 0 Å². The molecule has 0 saturated carbocycles. The third-order valence-corrected chi connectivity index (χ3v) is 3.77. The number of imide groups is 1. The van der Waals surface area contributed by atoms with Crippen molar-refractivity contribution in [2.45, 2.75) is 6.92 Å². The number of hydrogen-bond acceptors (Lipinski definition) is 5. The molecular formula is C18H13NO6. The van der Waals surface area contributed by atoms with Crippen LogP contribution in [0.3, 0.4) is 0 Å². The van der Waals surface area contributed by atoms with Gasteiger partial charge in [-0.05, 0) is 49.4 Å². The molecule has 0 spiro atoms. The second kappa shape index (κ2) is 6.20. The molecule has 25 heavy (non-hydrogen) atoms. The van der Waals surface area contributed by atoms with Gasteiger partial charge >= 0.3 is 11.9 Å². The summed E-state index contributed by atoms with van der Waals surface area (Å²) in [4.78, 5) is 48.7. The number of anilines is 1. The fraction of sp³-hybridized carbons (Fsp3) is 0.111. The van der Waals surface area contributed by atoms with Gasteiger partial charge in [-0.15, -0.1) is 0 Å². The van der Waals surface area contributed by atoms with Crippen LogP contribution in [0.25, 0.3) is 0 Å². The van der Waals surface area contributed by atoms with Gasteiger partial charge in [0.25, 0.3) is 11.8 Å². The Kier molecular flexibility index (Phi) is 4.06. The van der Waals surface area contributed by atoms with E-state index in [0.29, 0.717) is 5.56 Å². The molecule has 0 bridgehead atoms. The van der Waals surface area contributed by atoms with E-state index in [9.17, 15) is 19.2 Å². The Hall–Kier alpha value is -3.48. The van der Waals surface area contributed by atoms with Gasteiger partial charge in [-0.1, -0.05) is 0 Å². The average molecular weight is 339 g/mol. The van der Waals surface area contributed by atoms with Crippen LogP contribution >= 0.6 is 0 Å². The molecule has 1 N–H and O–H groups in total. The molecule has 0 saturated heterocycles. The van der Waals surface area contributed by atoms with Crippen LogP contribution in [0.4, 0.5) is 5.69 Å². The average Bonchev–Trinajstić information content (AvgIpc) is 2.86. The van der Waals surface area contributed by atoms with Crippen molar-refractivity contribution in [3.05, 3.63) is 64.7 Å². The standard InChI is InChI=1S/C18H13NO6/c1-2-25-18(24)10-3-6-12(7-4-10)19-15(20)13-8-5-11(17(22)23)9-14(13)16(19)21/h3-9H,2H2,1H3,(H,22,23). The molecule has 2 aromatic carbocycles. The molecule has 0 radical (unpaired) electrons. The summed E-state index contributed by atoms with van der Waals surface area (Å²) in [5, 5.41) is 9.02. The first-order chi connectivity index (χ1) is 11.9. The summed E-state index contributed by atoms with van der Waals surface area (Å²) in [6.45, 7) is 1.93. The molecule has 0 fully saturated rings. The van der Waals surface area contributed by atoms with Gasteiger partial charge in [0.15, 0.2) is 0 Å². The minimum atomic E-state index is -1.18. The molecule has 3 rings (SSSR count). The summed E-state index contributed by atoms with van der Waals surface area (Å²) in [5.41, 5.74) is 0.703. The summed E-state index contributed by atoms with van der Waals surface area (Å²) in [6.07, 6.45) is 0. The molecule has 1 heterocycles. The molecule has 0 unspecified atom stereocenters. The first kappa shape index (κ1) is 16.4. The summed E-state index contributed by atoms with van der Waals surface area (Å²) in [6, 6.07) is 9.63. The largest absolute Gasteiger partial charge is 0.478 e. The maximum atomic E-state index is 12.5. The van der Waals surface area contributed by atoms with Crippen LogP contribution in [-0.2, 0) is 4.74 Å². The number of hydrogen-bond donors (Lipinski definition) is 1. The molecule has 126 valence electrons. The van der Waals surface area contributed by atoms with E-state index in [1.807, 2.05) is 0 Å². The Bertz CT molecular complexity index is 900. The second-order valence-electron chi connectivity index (χ2n) is 5.28. The maximum Gasteiger partial charge on any atom is 0.338 e. The van der Waals surface area contributed by atoms with Gasteiger partial charge in [0.2, 0.25) is 0 Å². The highest BCUT2D eigenvalue weighted by atomic mass is 16.5. The van der Waals surface area contributed by atoms with E-state index in [2.05, 4.69) is 0 Å². The van der Waals surface area contributed by atoms with Crippen LogP contribution in [-0.4, -0.2) is 35.5 Å². The van der Waals surface area contributed by atoms with Gasteiger partial charge in [-0.25, -0.2) is 14.5 Å². The minimum Gasteiger partial charge on any atom is -0.478 e. The van der Waals surface area contributed by atoms with Crippen molar-refractivity contribution in [2.24, 2.45) is 0 Å². The number of carbonyl (C=O) groups excluding carboxylic acids is 3. The monoisotopic (exact) mass is 339 g/mol.